The summed E-state index contributed by atoms with van der Waals surface area (Å²) in [5.74, 6) is 0.978. The van der Waals surface area contributed by atoms with Gasteiger partial charge in [-0.3, -0.25) is 9.71 Å². The van der Waals surface area contributed by atoms with Gasteiger partial charge in [0, 0.05) is 29.8 Å². The van der Waals surface area contributed by atoms with Gasteiger partial charge in [-0.15, -0.1) is 0 Å². The van der Waals surface area contributed by atoms with Crippen molar-refractivity contribution in [1.82, 2.24) is 4.98 Å². The van der Waals surface area contributed by atoms with Crippen molar-refractivity contribution in [3.8, 4) is 11.5 Å². The molecule has 0 aliphatic heterocycles. The molecule has 3 rings (SSSR count). The Balaban J connectivity index is 2.05. The van der Waals surface area contributed by atoms with Crippen LogP contribution in [0.5, 0.6) is 11.5 Å². The zero-order chi connectivity index (χ0) is 17.2. The molecule has 0 aliphatic rings. The highest BCUT2D eigenvalue weighted by atomic mass is 32.2. The van der Waals surface area contributed by atoms with E-state index in [1.165, 1.54) is 20.3 Å². The molecule has 0 amide bonds. The van der Waals surface area contributed by atoms with Crippen LogP contribution in [0.3, 0.4) is 0 Å². The van der Waals surface area contributed by atoms with Crippen molar-refractivity contribution >= 4 is 26.6 Å². The van der Waals surface area contributed by atoms with E-state index in [0.29, 0.717) is 22.7 Å². The molecule has 0 radical (unpaired) electrons. The second kappa shape index (κ2) is 6.37. The number of fused-ring (bicyclic) bond motifs is 1. The molecule has 0 aliphatic carbocycles. The van der Waals surface area contributed by atoms with Crippen LogP contribution in [0.2, 0.25) is 0 Å². The minimum Gasteiger partial charge on any atom is -0.497 e. The number of hydrogen-bond acceptors (Lipinski definition) is 5. The van der Waals surface area contributed by atoms with Crippen LogP contribution in [0.4, 0.5) is 5.69 Å². The van der Waals surface area contributed by atoms with Crippen molar-refractivity contribution in [3.05, 3.63) is 54.7 Å². The average molecular weight is 344 g/mol. The lowest BCUT2D eigenvalue weighted by atomic mass is 10.2. The molecule has 1 aromatic heterocycles. The third kappa shape index (κ3) is 3.11. The van der Waals surface area contributed by atoms with Crippen molar-refractivity contribution in [2.75, 3.05) is 18.9 Å². The molecular weight excluding hydrogens is 328 g/mol. The fourth-order valence-corrected chi connectivity index (χ4v) is 3.59. The van der Waals surface area contributed by atoms with E-state index in [1.807, 2.05) is 12.1 Å². The fraction of sp³-hybridized carbons (Fsp3) is 0.118. The second-order valence-electron chi connectivity index (χ2n) is 5.04. The maximum atomic E-state index is 12.8. The highest BCUT2D eigenvalue weighted by molar-refractivity contribution is 7.93. The van der Waals surface area contributed by atoms with Crippen molar-refractivity contribution in [2.45, 2.75) is 4.90 Å². The van der Waals surface area contributed by atoms with E-state index < -0.39 is 10.0 Å². The second-order valence-corrected chi connectivity index (χ2v) is 6.69. The molecule has 6 nitrogen and oxygen atoms in total. The van der Waals surface area contributed by atoms with Gasteiger partial charge in [-0.05, 0) is 12.1 Å². The molecule has 7 heteroatoms. The van der Waals surface area contributed by atoms with Crippen LogP contribution in [0, 0.1) is 0 Å². The number of sulfonamides is 1. The summed E-state index contributed by atoms with van der Waals surface area (Å²) in [5.41, 5.74) is 0.765. The van der Waals surface area contributed by atoms with Gasteiger partial charge < -0.3 is 9.47 Å². The Labute approximate surface area is 140 Å². The third-order valence-electron chi connectivity index (χ3n) is 3.49. The summed E-state index contributed by atoms with van der Waals surface area (Å²) in [4.78, 5) is 4.30. The van der Waals surface area contributed by atoms with E-state index in [9.17, 15) is 8.42 Å². The Kier molecular flexibility index (Phi) is 4.26. The maximum absolute atomic E-state index is 12.8. The number of para-hydroxylation sites is 1. The Morgan fingerprint density at radius 2 is 1.62 bits per heavy atom. The van der Waals surface area contributed by atoms with Crippen molar-refractivity contribution < 1.29 is 17.9 Å². The van der Waals surface area contributed by atoms with Crippen LogP contribution in [0.1, 0.15) is 0 Å². The molecule has 0 spiro atoms. The lowest BCUT2D eigenvalue weighted by Gasteiger charge is -2.12. The van der Waals surface area contributed by atoms with Gasteiger partial charge >= 0.3 is 0 Å². The van der Waals surface area contributed by atoms with Crippen LogP contribution in [-0.4, -0.2) is 27.6 Å². The number of nitrogens with zero attached hydrogens (tertiary/aromatic N) is 1. The van der Waals surface area contributed by atoms with Gasteiger partial charge in [0.15, 0.2) is 0 Å². The topological polar surface area (TPSA) is 77.5 Å². The normalized spacial score (nSPS) is 11.2. The van der Waals surface area contributed by atoms with Gasteiger partial charge in [0.05, 0.1) is 25.4 Å². The Morgan fingerprint density at radius 1 is 0.958 bits per heavy atom. The van der Waals surface area contributed by atoms with E-state index in [-0.39, 0.29) is 4.90 Å². The zero-order valence-electron chi connectivity index (χ0n) is 13.2. The summed E-state index contributed by atoms with van der Waals surface area (Å²) < 4.78 is 38.4. The van der Waals surface area contributed by atoms with Crippen LogP contribution < -0.4 is 14.2 Å². The van der Waals surface area contributed by atoms with Gasteiger partial charge in [-0.1, -0.05) is 18.2 Å². The van der Waals surface area contributed by atoms with Gasteiger partial charge in [0.25, 0.3) is 10.0 Å². The standard InChI is InChI=1S/C17H16N2O4S/c1-22-14-9-13(10-15(11-14)23-2)19-24(20,21)16-7-3-5-12-6-4-8-18-17(12)16/h3-11,19H,1-2H3. The summed E-state index contributed by atoms with van der Waals surface area (Å²) in [6, 6.07) is 13.4. The lowest BCUT2D eigenvalue weighted by molar-refractivity contribution is 0.395. The predicted molar refractivity (Wildman–Crippen MR) is 92.1 cm³/mol. The highest BCUT2D eigenvalue weighted by Gasteiger charge is 2.19. The first kappa shape index (κ1) is 16.1. The molecular formula is C17H16N2O4S. The summed E-state index contributed by atoms with van der Waals surface area (Å²) in [6.45, 7) is 0. The van der Waals surface area contributed by atoms with Gasteiger partial charge in [-0.25, -0.2) is 8.42 Å². The average Bonchev–Trinajstić information content (AvgIpc) is 2.60. The number of rotatable bonds is 5. The van der Waals surface area contributed by atoms with E-state index in [0.717, 1.165) is 5.39 Å². The van der Waals surface area contributed by atoms with Crippen molar-refractivity contribution in [3.63, 3.8) is 0 Å². The monoisotopic (exact) mass is 344 g/mol. The number of aromatic nitrogens is 1. The van der Waals surface area contributed by atoms with Crippen LogP contribution in [0.15, 0.2) is 59.6 Å². The molecule has 0 saturated carbocycles. The molecule has 124 valence electrons. The van der Waals surface area contributed by atoms with Gasteiger partial charge in [0.1, 0.15) is 16.4 Å². The molecule has 1 heterocycles. The van der Waals surface area contributed by atoms with Crippen LogP contribution in [-0.2, 0) is 10.0 Å². The van der Waals surface area contributed by atoms with E-state index in [2.05, 4.69) is 9.71 Å². The largest absolute Gasteiger partial charge is 0.497 e. The minimum absolute atomic E-state index is 0.113. The molecule has 0 bridgehead atoms. The lowest BCUT2D eigenvalue weighted by Crippen LogP contribution is -2.14. The highest BCUT2D eigenvalue weighted by Crippen LogP contribution is 2.29. The molecule has 24 heavy (non-hydrogen) atoms. The number of benzene rings is 2. The summed E-state index contributed by atoms with van der Waals surface area (Å²) >= 11 is 0. The molecule has 0 fully saturated rings. The van der Waals surface area contributed by atoms with Gasteiger partial charge in [0.2, 0.25) is 0 Å². The summed E-state index contributed by atoms with van der Waals surface area (Å²) in [7, 11) is -0.810. The quantitative estimate of drug-likeness (QED) is 0.770. The number of ether oxygens (including phenoxy) is 2. The molecule has 0 unspecified atom stereocenters. The minimum atomic E-state index is -3.81. The van der Waals surface area contributed by atoms with E-state index in [1.54, 1.807) is 36.5 Å². The number of pyridine rings is 1. The first-order valence-electron chi connectivity index (χ1n) is 7.13. The Hall–Kier alpha value is -2.80. The number of hydrogen-bond donors (Lipinski definition) is 1. The Bertz CT molecular complexity index is 959. The first-order valence-corrected chi connectivity index (χ1v) is 8.61. The maximum Gasteiger partial charge on any atom is 0.264 e. The van der Waals surface area contributed by atoms with E-state index in [4.69, 9.17) is 9.47 Å². The van der Waals surface area contributed by atoms with Crippen molar-refractivity contribution in [1.29, 1.82) is 0 Å². The third-order valence-corrected chi connectivity index (χ3v) is 4.90. The number of anilines is 1. The molecule has 0 atom stereocenters. The molecule has 0 saturated heterocycles. The molecule has 2 aromatic carbocycles. The predicted octanol–water partition coefficient (Wildman–Crippen LogP) is 3.05. The Morgan fingerprint density at radius 3 is 2.29 bits per heavy atom. The van der Waals surface area contributed by atoms with Crippen LogP contribution in [0.25, 0.3) is 10.9 Å². The summed E-state index contributed by atoms with van der Waals surface area (Å²) in [6.07, 6.45) is 1.57. The zero-order valence-corrected chi connectivity index (χ0v) is 14.0. The molecule has 1 N–H and O–H groups in total. The number of nitrogens with one attached hydrogen (secondary N) is 1. The number of methoxy groups -OCH3 is 2. The molecule has 3 aromatic rings. The first-order chi connectivity index (χ1) is 11.5. The summed E-state index contributed by atoms with van der Waals surface area (Å²) in [5, 5.41) is 0.753. The van der Waals surface area contributed by atoms with Crippen molar-refractivity contribution in [2.24, 2.45) is 0 Å². The van der Waals surface area contributed by atoms with Crippen LogP contribution >= 0.6 is 0 Å². The SMILES string of the molecule is COc1cc(NS(=O)(=O)c2cccc3cccnc23)cc(OC)c1. The van der Waals surface area contributed by atoms with Gasteiger partial charge in [-0.2, -0.15) is 0 Å². The fourth-order valence-electron chi connectivity index (χ4n) is 2.37. The smallest absolute Gasteiger partial charge is 0.264 e. The van der Waals surface area contributed by atoms with E-state index >= 15 is 0 Å².